The van der Waals surface area contributed by atoms with Gasteiger partial charge in [0.1, 0.15) is 5.82 Å². The number of ether oxygens (including phenoxy) is 3. The van der Waals surface area contributed by atoms with E-state index in [0.717, 1.165) is 17.9 Å². The largest absolute Gasteiger partial charge is 0.490 e. The molecule has 0 aromatic heterocycles. The molecule has 164 valence electrons. The van der Waals surface area contributed by atoms with E-state index in [1.807, 2.05) is 31.2 Å². The van der Waals surface area contributed by atoms with Gasteiger partial charge in [-0.25, -0.2) is 4.39 Å². The Morgan fingerprint density at radius 2 is 1.93 bits per heavy atom. The number of aliphatic imine (C=N–C) groups is 1. The summed E-state index contributed by atoms with van der Waals surface area (Å²) < 4.78 is 30.6. The number of hydrogen-bond donors (Lipinski definition) is 2. The minimum Gasteiger partial charge on any atom is -0.490 e. The maximum atomic E-state index is 13.8. The van der Waals surface area contributed by atoms with Crippen molar-refractivity contribution in [3.8, 4) is 11.5 Å². The van der Waals surface area contributed by atoms with Gasteiger partial charge in [0.05, 0.1) is 26.4 Å². The SMILES string of the molecule is CCOCCN=C(NCCc1ccccc1F)Nc1ccc2c(c1)OCCCO2.I. The van der Waals surface area contributed by atoms with E-state index in [0.29, 0.717) is 63.2 Å². The maximum Gasteiger partial charge on any atom is 0.195 e. The first kappa shape index (κ1) is 24.2. The third kappa shape index (κ3) is 7.64. The fraction of sp³-hybridized carbons (Fsp3) is 0.409. The summed E-state index contributed by atoms with van der Waals surface area (Å²) in [6.45, 7) is 5.50. The summed E-state index contributed by atoms with van der Waals surface area (Å²) in [5.74, 6) is 1.87. The fourth-order valence-electron chi connectivity index (χ4n) is 2.90. The van der Waals surface area contributed by atoms with Gasteiger partial charge in [-0.05, 0) is 37.1 Å². The molecule has 2 aromatic carbocycles. The van der Waals surface area contributed by atoms with Gasteiger partial charge < -0.3 is 24.8 Å². The Hall–Kier alpha value is -2.07. The first-order valence-corrected chi connectivity index (χ1v) is 10.0. The van der Waals surface area contributed by atoms with Gasteiger partial charge in [0, 0.05) is 31.3 Å². The van der Waals surface area contributed by atoms with Gasteiger partial charge in [-0.2, -0.15) is 0 Å². The van der Waals surface area contributed by atoms with Crippen molar-refractivity contribution in [3.63, 3.8) is 0 Å². The van der Waals surface area contributed by atoms with Crippen LogP contribution in [-0.4, -0.2) is 45.5 Å². The van der Waals surface area contributed by atoms with Gasteiger partial charge in [-0.3, -0.25) is 4.99 Å². The van der Waals surface area contributed by atoms with Crippen LogP contribution in [0.4, 0.5) is 10.1 Å². The Morgan fingerprint density at radius 1 is 1.13 bits per heavy atom. The number of guanidine groups is 1. The molecule has 1 aliphatic rings. The van der Waals surface area contributed by atoms with Crippen molar-refractivity contribution in [2.24, 2.45) is 4.99 Å². The average Bonchev–Trinajstić information content (AvgIpc) is 2.97. The van der Waals surface area contributed by atoms with Crippen molar-refractivity contribution in [1.82, 2.24) is 5.32 Å². The molecule has 0 radical (unpaired) electrons. The first-order chi connectivity index (χ1) is 14.3. The smallest absolute Gasteiger partial charge is 0.195 e. The van der Waals surface area contributed by atoms with Crippen molar-refractivity contribution in [2.45, 2.75) is 19.8 Å². The molecule has 0 atom stereocenters. The molecular weight excluding hydrogens is 500 g/mol. The number of nitrogens with one attached hydrogen (secondary N) is 2. The van der Waals surface area contributed by atoms with Crippen LogP contribution in [0.3, 0.4) is 0 Å². The summed E-state index contributed by atoms with van der Waals surface area (Å²) in [7, 11) is 0. The lowest BCUT2D eigenvalue weighted by Crippen LogP contribution is -2.33. The second-order valence-corrected chi connectivity index (χ2v) is 6.53. The van der Waals surface area contributed by atoms with E-state index in [1.165, 1.54) is 6.07 Å². The summed E-state index contributed by atoms with van der Waals surface area (Å²) >= 11 is 0. The second kappa shape index (κ2) is 13.3. The third-order valence-corrected chi connectivity index (χ3v) is 4.36. The Labute approximate surface area is 194 Å². The number of nitrogens with zero attached hydrogens (tertiary/aromatic N) is 1. The number of halogens is 2. The zero-order valence-electron chi connectivity index (χ0n) is 17.2. The predicted octanol–water partition coefficient (Wildman–Crippen LogP) is 4.24. The van der Waals surface area contributed by atoms with Crippen molar-refractivity contribution >= 4 is 35.6 Å². The van der Waals surface area contributed by atoms with Gasteiger partial charge in [-0.1, -0.05) is 18.2 Å². The number of rotatable bonds is 8. The maximum absolute atomic E-state index is 13.8. The summed E-state index contributed by atoms with van der Waals surface area (Å²) in [5.41, 5.74) is 1.51. The highest BCUT2D eigenvalue weighted by atomic mass is 127. The molecule has 2 aromatic rings. The average molecular weight is 529 g/mol. The molecular formula is C22H29FIN3O3. The van der Waals surface area contributed by atoms with Crippen LogP contribution < -0.4 is 20.1 Å². The molecule has 1 aliphatic heterocycles. The first-order valence-electron chi connectivity index (χ1n) is 10.0. The molecule has 0 amide bonds. The predicted molar refractivity (Wildman–Crippen MR) is 128 cm³/mol. The normalized spacial score (nSPS) is 13.2. The van der Waals surface area contributed by atoms with Gasteiger partial charge in [0.2, 0.25) is 0 Å². The number of benzene rings is 2. The highest BCUT2D eigenvalue weighted by Crippen LogP contribution is 2.32. The molecule has 0 saturated heterocycles. The van der Waals surface area contributed by atoms with Gasteiger partial charge in [0.15, 0.2) is 17.5 Å². The van der Waals surface area contributed by atoms with Gasteiger partial charge >= 0.3 is 0 Å². The Kier molecular flexibility index (Phi) is 10.7. The lowest BCUT2D eigenvalue weighted by Gasteiger charge is -2.15. The molecule has 30 heavy (non-hydrogen) atoms. The van der Waals surface area contributed by atoms with Crippen LogP contribution in [0.5, 0.6) is 11.5 Å². The van der Waals surface area contributed by atoms with E-state index >= 15 is 0 Å². The third-order valence-electron chi connectivity index (χ3n) is 4.36. The summed E-state index contributed by atoms with van der Waals surface area (Å²) in [5, 5.41) is 6.54. The van der Waals surface area contributed by atoms with Crippen molar-refractivity contribution in [1.29, 1.82) is 0 Å². The van der Waals surface area contributed by atoms with Crippen LogP contribution in [-0.2, 0) is 11.2 Å². The number of fused-ring (bicyclic) bond motifs is 1. The second-order valence-electron chi connectivity index (χ2n) is 6.53. The van der Waals surface area contributed by atoms with E-state index in [-0.39, 0.29) is 29.8 Å². The summed E-state index contributed by atoms with van der Waals surface area (Å²) in [4.78, 5) is 4.54. The molecule has 6 nitrogen and oxygen atoms in total. The molecule has 0 spiro atoms. The zero-order chi connectivity index (χ0) is 20.3. The standard InChI is InChI=1S/C22H28FN3O3.HI/c1-2-27-15-12-25-22(24-11-10-17-6-3-4-7-19(17)23)26-18-8-9-20-21(16-18)29-14-5-13-28-20;/h3-4,6-9,16H,2,5,10-15H2,1H3,(H2,24,25,26);1H. The molecule has 8 heteroatoms. The lowest BCUT2D eigenvalue weighted by molar-refractivity contribution is 0.156. The van der Waals surface area contributed by atoms with Crippen LogP contribution in [0.15, 0.2) is 47.5 Å². The molecule has 0 bridgehead atoms. The minimum atomic E-state index is -0.194. The molecule has 0 aliphatic carbocycles. The van der Waals surface area contributed by atoms with Crippen LogP contribution in [0, 0.1) is 5.82 Å². The highest BCUT2D eigenvalue weighted by Gasteiger charge is 2.11. The quantitative estimate of drug-likeness (QED) is 0.232. The van der Waals surface area contributed by atoms with Crippen LogP contribution in [0.2, 0.25) is 0 Å². The molecule has 0 unspecified atom stereocenters. The van der Waals surface area contributed by atoms with Crippen LogP contribution in [0.25, 0.3) is 0 Å². The van der Waals surface area contributed by atoms with E-state index in [2.05, 4.69) is 15.6 Å². The zero-order valence-corrected chi connectivity index (χ0v) is 19.5. The number of anilines is 1. The molecule has 1 heterocycles. The van der Waals surface area contributed by atoms with Crippen LogP contribution >= 0.6 is 24.0 Å². The van der Waals surface area contributed by atoms with E-state index in [4.69, 9.17) is 14.2 Å². The Morgan fingerprint density at radius 3 is 2.73 bits per heavy atom. The fourth-order valence-corrected chi connectivity index (χ4v) is 2.90. The van der Waals surface area contributed by atoms with Gasteiger partial charge in [0.25, 0.3) is 0 Å². The van der Waals surface area contributed by atoms with E-state index in [1.54, 1.807) is 12.1 Å². The minimum absolute atomic E-state index is 0. The van der Waals surface area contributed by atoms with Crippen molar-refractivity contribution in [3.05, 3.63) is 53.8 Å². The molecule has 0 saturated carbocycles. The molecule has 3 rings (SSSR count). The van der Waals surface area contributed by atoms with Crippen molar-refractivity contribution < 1.29 is 18.6 Å². The number of hydrogen-bond acceptors (Lipinski definition) is 4. The Balaban J connectivity index is 0.00000320. The Bertz CT molecular complexity index is 820. The highest BCUT2D eigenvalue weighted by molar-refractivity contribution is 14.0. The summed E-state index contributed by atoms with van der Waals surface area (Å²) in [6, 6.07) is 12.5. The topological polar surface area (TPSA) is 64.1 Å². The van der Waals surface area contributed by atoms with Crippen molar-refractivity contribution in [2.75, 3.05) is 44.8 Å². The van der Waals surface area contributed by atoms with Gasteiger partial charge in [-0.15, -0.1) is 24.0 Å². The van der Waals surface area contributed by atoms with E-state index in [9.17, 15) is 4.39 Å². The van der Waals surface area contributed by atoms with Crippen LogP contribution in [0.1, 0.15) is 18.9 Å². The van der Waals surface area contributed by atoms with E-state index < -0.39 is 0 Å². The monoisotopic (exact) mass is 529 g/mol. The summed E-state index contributed by atoms with van der Waals surface area (Å²) in [6.07, 6.45) is 1.42. The molecule has 0 fully saturated rings. The lowest BCUT2D eigenvalue weighted by atomic mass is 10.1. The molecule has 2 N–H and O–H groups in total.